The van der Waals surface area contributed by atoms with Gasteiger partial charge in [0.1, 0.15) is 0 Å². The number of hydrogen-bond donors (Lipinski definition) is 1. The van der Waals surface area contributed by atoms with Gasteiger partial charge in [0.05, 0.1) is 17.0 Å². The third-order valence-corrected chi connectivity index (χ3v) is 4.96. The van der Waals surface area contributed by atoms with E-state index < -0.39 is 5.97 Å². The Labute approximate surface area is 143 Å². The predicted octanol–water partition coefficient (Wildman–Crippen LogP) is 4.22. The quantitative estimate of drug-likeness (QED) is 0.915. The van der Waals surface area contributed by atoms with E-state index in [9.17, 15) is 9.90 Å². The predicted molar refractivity (Wildman–Crippen MR) is 95.3 cm³/mol. The van der Waals surface area contributed by atoms with Crippen molar-refractivity contribution < 1.29 is 9.90 Å². The molecule has 1 aliphatic heterocycles. The van der Waals surface area contributed by atoms with Gasteiger partial charge in [-0.2, -0.15) is 0 Å². The van der Waals surface area contributed by atoms with Crippen LogP contribution in [0.25, 0.3) is 11.3 Å². The average molecular weight is 324 g/mol. The maximum Gasteiger partial charge on any atom is 0.337 e. The Morgan fingerprint density at radius 1 is 1.21 bits per heavy atom. The van der Waals surface area contributed by atoms with E-state index in [0.717, 1.165) is 29.9 Å². The van der Waals surface area contributed by atoms with Crippen LogP contribution in [0, 0.1) is 13.8 Å². The number of aryl methyl sites for hydroxylation is 2. The second-order valence-corrected chi connectivity index (χ2v) is 6.63. The zero-order chi connectivity index (χ0) is 17.3. The molecule has 0 radical (unpaired) electrons. The van der Waals surface area contributed by atoms with E-state index in [1.165, 1.54) is 18.4 Å². The van der Waals surface area contributed by atoms with Gasteiger partial charge in [-0.15, -0.1) is 0 Å². The zero-order valence-corrected chi connectivity index (χ0v) is 14.5. The molecule has 0 amide bonds. The van der Waals surface area contributed by atoms with Crippen LogP contribution in [0.4, 0.5) is 0 Å². The third-order valence-electron chi connectivity index (χ3n) is 4.96. The summed E-state index contributed by atoms with van der Waals surface area (Å²) in [6.07, 6.45) is 2.56. The molecule has 1 fully saturated rings. The van der Waals surface area contributed by atoms with Gasteiger partial charge in [0.2, 0.25) is 0 Å². The van der Waals surface area contributed by atoms with E-state index in [2.05, 4.69) is 35.0 Å². The molecule has 1 unspecified atom stereocenters. The SMILES string of the molecule is Cc1cc(-c2cccc(C(C)N3CCCC3)c2)nc(C)c1C(=O)O. The van der Waals surface area contributed by atoms with Gasteiger partial charge in [0, 0.05) is 11.6 Å². The normalized spacial score (nSPS) is 16.3. The molecular formula is C20H24N2O2. The first kappa shape index (κ1) is 16.7. The van der Waals surface area contributed by atoms with E-state index in [-0.39, 0.29) is 0 Å². The molecule has 3 rings (SSSR count). The van der Waals surface area contributed by atoms with Crippen molar-refractivity contribution in [2.45, 2.75) is 39.7 Å². The summed E-state index contributed by atoms with van der Waals surface area (Å²) in [4.78, 5) is 18.4. The zero-order valence-electron chi connectivity index (χ0n) is 14.5. The van der Waals surface area contributed by atoms with Gasteiger partial charge in [-0.25, -0.2) is 4.79 Å². The molecule has 1 N–H and O–H groups in total. The number of aromatic carboxylic acids is 1. The summed E-state index contributed by atoms with van der Waals surface area (Å²) in [6.45, 7) is 8.17. The van der Waals surface area contributed by atoms with Crippen LogP contribution in [0.5, 0.6) is 0 Å². The first-order valence-corrected chi connectivity index (χ1v) is 8.53. The highest BCUT2D eigenvalue weighted by Crippen LogP contribution is 2.29. The second kappa shape index (κ2) is 6.73. The summed E-state index contributed by atoms with van der Waals surface area (Å²) in [7, 11) is 0. The van der Waals surface area contributed by atoms with E-state index >= 15 is 0 Å². The number of nitrogens with zero attached hydrogens (tertiary/aromatic N) is 2. The molecule has 0 aliphatic carbocycles. The van der Waals surface area contributed by atoms with Crippen molar-refractivity contribution >= 4 is 5.97 Å². The third kappa shape index (κ3) is 3.20. The molecule has 1 aromatic heterocycles. The summed E-state index contributed by atoms with van der Waals surface area (Å²) in [6, 6.07) is 10.7. The standard InChI is InChI=1S/C20H24N2O2/c1-13-11-18(21-14(2)19(13)20(23)24)17-8-6-7-16(12-17)15(3)22-9-4-5-10-22/h6-8,11-12,15H,4-5,9-10H2,1-3H3,(H,23,24). The number of pyridine rings is 1. The molecule has 1 aliphatic rings. The average Bonchev–Trinajstić information content (AvgIpc) is 3.07. The Balaban J connectivity index is 1.95. The topological polar surface area (TPSA) is 53.4 Å². The van der Waals surface area contributed by atoms with Crippen molar-refractivity contribution in [2.24, 2.45) is 0 Å². The van der Waals surface area contributed by atoms with Crippen LogP contribution in [0.1, 0.15) is 53.0 Å². The summed E-state index contributed by atoms with van der Waals surface area (Å²) in [5.74, 6) is -0.916. The highest BCUT2D eigenvalue weighted by Gasteiger charge is 2.20. The van der Waals surface area contributed by atoms with Crippen LogP contribution >= 0.6 is 0 Å². The highest BCUT2D eigenvalue weighted by molar-refractivity contribution is 5.91. The number of carboxylic acid groups (broad SMARTS) is 1. The Morgan fingerprint density at radius 2 is 1.92 bits per heavy atom. The second-order valence-electron chi connectivity index (χ2n) is 6.63. The van der Waals surface area contributed by atoms with Crippen molar-refractivity contribution in [3.05, 3.63) is 52.7 Å². The van der Waals surface area contributed by atoms with Crippen LogP contribution in [0.15, 0.2) is 30.3 Å². The lowest BCUT2D eigenvalue weighted by atomic mass is 9.99. The maximum atomic E-state index is 11.3. The minimum absolute atomic E-state index is 0.306. The van der Waals surface area contributed by atoms with Crippen molar-refractivity contribution in [3.63, 3.8) is 0 Å². The number of rotatable bonds is 4. The summed E-state index contributed by atoms with van der Waals surface area (Å²) < 4.78 is 0. The molecule has 4 nitrogen and oxygen atoms in total. The molecule has 4 heteroatoms. The lowest BCUT2D eigenvalue weighted by Gasteiger charge is -2.24. The van der Waals surface area contributed by atoms with Gasteiger partial charge in [-0.1, -0.05) is 18.2 Å². The molecule has 24 heavy (non-hydrogen) atoms. The molecule has 0 bridgehead atoms. The lowest BCUT2D eigenvalue weighted by Crippen LogP contribution is -2.23. The fourth-order valence-corrected chi connectivity index (χ4v) is 3.60. The van der Waals surface area contributed by atoms with Crippen molar-refractivity contribution in [1.29, 1.82) is 0 Å². The van der Waals surface area contributed by atoms with Crippen LogP contribution in [-0.4, -0.2) is 34.0 Å². The number of carbonyl (C=O) groups is 1. The fourth-order valence-electron chi connectivity index (χ4n) is 3.60. The molecule has 1 atom stereocenters. The van der Waals surface area contributed by atoms with Gasteiger partial charge in [-0.3, -0.25) is 9.88 Å². The molecule has 1 aromatic carbocycles. The monoisotopic (exact) mass is 324 g/mol. The van der Waals surface area contributed by atoms with Gasteiger partial charge in [0.25, 0.3) is 0 Å². The smallest absolute Gasteiger partial charge is 0.337 e. The van der Waals surface area contributed by atoms with Crippen LogP contribution in [-0.2, 0) is 0 Å². The molecule has 126 valence electrons. The minimum atomic E-state index is -0.916. The Morgan fingerprint density at radius 3 is 2.54 bits per heavy atom. The molecule has 1 saturated heterocycles. The molecular weight excluding hydrogens is 300 g/mol. The molecule has 2 heterocycles. The first-order chi connectivity index (χ1) is 11.5. The van der Waals surface area contributed by atoms with Crippen molar-refractivity contribution in [3.8, 4) is 11.3 Å². The first-order valence-electron chi connectivity index (χ1n) is 8.53. The summed E-state index contributed by atoms with van der Waals surface area (Å²) >= 11 is 0. The van der Waals surface area contributed by atoms with E-state index in [4.69, 9.17) is 0 Å². The van der Waals surface area contributed by atoms with Crippen LogP contribution < -0.4 is 0 Å². The van der Waals surface area contributed by atoms with Gasteiger partial charge < -0.3 is 5.11 Å². The molecule has 0 saturated carbocycles. The Kier molecular flexibility index (Phi) is 4.67. The minimum Gasteiger partial charge on any atom is -0.478 e. The number of benzene rings is 1. The number of carboxylic acids is 1. The number of hydrogen-bond acceptors (Lipinski definition) is 3. The van der Waals surface area contributed by atoms with Crippen LogP contribution in [0.3, 0.4) is 0 Å². The Hall–Kier alpha value is -2.20. The summed E-state index contributed by atoms with van der Waals surface area (Å²) in [5, 5.41) is 9.30. The fraction of sp³-hybridized carbons (Fsp3) is 0.400. The van der Waals surface area contributed by atoms with Gasteiger partial charge >= 0.3 is 5.97 Å². The maximum absolute atomic E-state index is 11.3. The molecule has 2 aromatic rings. The van der Waals surface area contributed by atoms with Crippen molar-refractivity contribution in [1.82, 2.24) is 9.88 Å². The Bertz CT molecular complexity index is 741. The summed E-state index contributed by atoms with van der Waals surface area (Å²) in [5.41, 5.74) is 4.79. The molecule has 0 spiro atoms. The van der Waals surface area contributed by atoms with E-state index in [1.54, 1.807) is 6.92 Å². The highest BCUT2D eigenvalue weighted by atomic mass is 16.4. The largest absolute Gasteiger partial charge is 0.478 e. The number of aromatic nitrogens is 1. The number of likely N-dealkylation sites (tertiary alicyclic amines) is 1. The van der Waals surface area contributed by atoms with Gasteiger partial charge in [-0.05, 0) is 70.0 Å². The van der Waals surface area contributed by atoms with Crippen LogP contribution in [0.2, 0.25) is 0 Å². The van der Waals surface area contributed by atoms with E-state index in [1.807, 2.05) is 19.1 Å². The lowest BCUT2D eigenvalue weighted by molar-refractivity contribution is 0.0695. The van der Waals surface area contributed by atoms with Crippen molar-refractivity contribution in [2.75, 3.05) is 13.1 Å². The van der Waals surface area contributed by atoms with Gasteiger partial charge in [0.15, 0.2) is 0 Å². The van der Waals surface area contributed by atoms with E-state index in [0.29, 0.717) is 17.3 Å².